The molecule has 0 fully saturated rings. The molecule has 0 N–H and O–H groups in total. The first-order valence-electron chi connectivity index (χ1n) is 15.0. The lowest BCUT2D eigenvalue weighted by Crippen LogP contribution is -1.93. The van der Waals surface area contributed by atoms with Gasteiger partial charge in [-0.15, -0.1) is 0 Å². The summed E-state index contributed by atoms with van der Waals surface area (Å²) in [5, 5.41) is 6.97. The first kappa shape index (κ1) is 26.0. The highest BCUT2D eigenvalue weighted by molar-refractivity contribution is 6.22. The van der Waals surface area contributed by atoms with Gasteiger partial charge in [-0.3, -0.25) is 9.97 Å². The molecule has 9 rings (SSSR count). The summed E-state index contributed by atoms with van der Waals surface area (Å²) < 4.78 is 11.0. The van der Waals surface area contributed by atoms with Crippen molar-refractivity contribution in [3.8, 4) is 56.3 Å². The molecule has 0 atom stereocenters. The van der Waals surface area contributed by atoms with Gasteiger partial charge >= 0.3 is 0 Å². The third-order valence-electron chi connectivity index (χ3n) is 8.58. The van der Waals surface area contributed by atoms with Gasteiger partial charge in [0.1, 0.15) is 11.4 Å². The van der Waals surface area contributed by atoms with E-state index in [1.54, 1.807) is 12.4 Å². The summed E-state index contributed by atoms with van der Waals surface area (Å²) in [6.45, 7) is 0. The van der Waals surface area contributed by atoms with Crippen LogP contribution in [0.1, 0.15) is 0 Å². The maximum absolute atomic E-state index is 5.51. The van der Waals surface area contributed by atoms with E-state index in [2.05, 4.69) is 107 Å². The van der Waals surface area contributed by atoms with Gasteiger partial charge in [-0.25, -0.2) is 9.97 Å². The molecular formula is C40H24N4O2. The molecule has 6 nitrogen and oxygen atoms in total. The molecule has 0 aliphatic carbocycles. The fourth-order valence-electron chi connectivity index (χ4n) is 6.41. The molecule has 9 aromatic rings. The molecule has 4 heterocycles. The minimum atomic E-state index is 0.636. The van der Waals surface area contributed by atoms with E-state index in [1.165, 1.54) is 23.6 Å². The van der Waals surface area contributed by atoms with Gasteiger partial charge in [0.05, 0.1) is 12.4 Å². The Morgan fingerprint density at radius 1 is 0.391 bits per heavy atom. The maximum atomic E-state index is 5.51. The minimum Gasteiger partial charge on any atom is -0.442 e. The van der Waals surface area contributed by atoms with Crippen LogP contribution < -0.4 is 0 Å². The highest BCUT2D eigenvalue weighted by atomic mass is 16.3. The third-order valence-corrected chi connectivity index (χ3v) is 8.58. The van der Waals surface area contributed by atoms with E-state index in [9.17, 15) is 0 Å². The van der Waals surface area contributed by atoms with Crippen LogP contribution in [0.15, 0.2) is 156 Å². The number of nitrogens with zero attached hydrogens (tertiary/aromatic N) is 4. The van der Waals surface area contributed by atoms with Crippen LogP contribution in [-0.4, -0.2) is 19.9 Å². The van der Waals surface area contributed by atoms with Gasteiger partial charge in [0.2, 0.25) is 0 Å². The predicted molar refractivity (Wildman–Crippen MR) is 182 cm³/mol. The normalized spacial score (nSPS) is 11.5. The molecular weight excluding hydrogens is 568 g/mol. The topological polar surface area (TPSA) is 77.8 Å². The summed E-state index contributed by atoms with van der Waals surface area (Å²) in [5.74, 6) is 1.27. The van der Waals surface area contributed by atoms with Crippen molar-refractivity contribution >= 4 is 32.3 Å². The fraction of sp³-hybridized carbons (Fsp3) is 0. The van der Waals surface area contributed by atoms with E-state index in [1.807, 2.05) is 24.5 Å². The molecule has 0 spiro atoms. The lowest BCUT2D eigenvalue weighted by Gasteiger charge is -2.18. The van der Waals surface area contributed by atoms with Crippen LogP contribution in [0.2, 0.25) is 0 Å². The molecule has 0 radical (unpaired) electrons. The number of hydrogen-bond acceptors (Lipinski definition) is 6. The van der Waals surface area contributed by atoms with Crippen molar-refractivity contribution in [1.29, 1.82) is 0 Å². The molecule has 5 aromatic carbocycles. The Labute approximate surface area is 263 Å². The molecule has 0 bridgehead atoms. The van der Waals surface area contributed by atoms with E-state index < -0.39 is 0 Å². The Morgan fingerprint density at radius 2 is 0.913 bits per heavy atom. The molecule has 216 valence electrons. The maximum Gasteiger partial charge on any atom is 0.181 e. The molecule has 0 aliphatic rings. The Hall–Kier alpha value is -6.40. The van der Waals surface area contributed by atoms with Gasteiger partial charge in [-0.1, -0.05) is 84.9 Å². The zero-order valence-electron chi connectivity index (χ0n) is 24.5. The zero-order chi connectivity index (χ0) is 30.5. The summed E-state index contributed by atoms with van der Waals surface area (Å²) in [6, 6.07) is 38.6. The van der Waals surface area contributed by atoms with Crippen molar-refractivity contribution in [1.82, 2.24) is 19.9 Å². The van der Waals surface area contributed by atoms with Gasteiger partial charge in [0.25, 0.3) is 0 Å². The van der Waals surface area contributed by atoms with Crippen LogP contribution in [-0.2, 0) is 0 Å². The van der Waals surface area contributed by atoms with Crippen LogP contribution in [0.25, 0.3) is 88.6 Å². The fourth-order valence-corrected chi connectivity index (χ4v) is 6.41. The largest absolute Gasteiger partial charge is 0.442 e. The van der Waals surface area contributed by atoms with E-state index in [4.69, 9.17) is 18.8 Å². The lowest BCUT2D eigenvalue weighted by atomic mass is 9.85. The average molecular weight is 593 g/mol. The molecule has 46 heavy (non-hydrogen) atoms. The minimum absolute atomic E-state index is 0.636. The number of hydrogen-bond donors (Lipinski definition) is 0. The third kappa shape index (κ3) is 4.35. The van der Waals surface area contributed by atoms with Gasteiger partial charge < -0.3 is 8.83 Å². The van der Waals surface area contributed by atoms with Crippen LogP contribution in [0.4, 0.5) is 0 Å². The van der Waals surface area contributed by atoms with Crippen molar-refractivity contribution in [2.24, 2.45) is 0 Å². The Bertz CT molecular complexity index is 2500. The van der Waals surface area contributed by atoms with Gasteiger partial charge in [-0.2, -0.15) is 0 Å². The SMILES string of the molecule is c1ccc2cc(-c3ccc4c(-c5ccc(-c6cnco6)nc5)c5ccccc5c(-c5ccc(-c6cnco6)nc5)c4c3)ccc2c1. The number of oxazole rings is 2. The molecule has 0 saturated heterocycles. The second-order valence-corrected chi connectivity index (χ2v) is 11.2. The first-order chi connectivity index (χ1) is 22.8. The van der Waals surface area contributed by atoms with Gasteiger partial charge in [0, 0.05) is 23.5 Å². The zero-order valence-corrected chi connectivity index (χ0v) is 24.5. The van der Waals surface area contributed by atoms with Crippen LogP contribution >= 0.6 is 0 Å². The average Bonchev–Trinajstić information content (AvgIpc) is 3.87. The lowest BCUT2D eigenvalue weighted by molar-refractivity contribution is 0.569. The summed E-state index contributed by atoms with van der Waals surface area (Å²) in [4.78, 5) is 17.7. The van der Waals surface area contributed by atoms with Crippen molar-refractivity contribution in [2.75, 3.05) is 0 Å². The summed E-state index contributed by atoms with van der Waals surface area (Å²) >= 11 is 0. The smallest absolute Gasteiger partial charge is 0.181 e. The highest BCUT2D eigenvalue weighted by Gasteiger charge is 2.19. The van der Waals surface area contributed by atoms with Crippen molar-refractivity contribution in [2.45, 2.75) is 0 Å². The molecule has 0 saturated carbocycles. The van der Waals surface area contributed by atoms with Crippen LogP contribution in [0, 0.1) is 0 Å². The second kappa shape index (κ2) is 10.6. The van der Waals surface area contributed by atoms with Gasteiger partial charge in [0.15, 0.2) is 24.3 Å². The Balaban J connectivity index is 1.31. The quantitative estimate of drug-likeness (QED) is 0.185. The van der Waals surface area contributed by atoms with Crippen molar-refractivity contribution < 1.29 is 8.83 Å². The van der Waals surface area contributed by atoms with E-state index >= 15 is 0 Å². The standard InChI is InChI=1S/C40H24N4O2/c1-2-6-26-17-27(10-9-25(26)5-1)28-11-14-33-34(18-28)40(30-13-16-36(44-20-30)38-22-42-24-46-38)32-8-4-3-7-31(32)39(33)29-12-15-35(43-19-29)37-21-41-23-45-37/h1-24H. The summed E-state index contributed by atoms with van der Waals surface area (Å²) in [6.07, 6.45) is 10.0. The number of benzene rings is 5. The van der Waals surface area contributed by atoms with Crippen molar-refractivity contribution in [3.05, 3.63) is 147 Å². The monoisotopic (exact) mass is 592 g/mol. The highest BCUT2D eigenvalue weighted by Crippen LogP contribution is 2.45. The number of fused-ring (bicyclic) bond motifs is 3. The summed E-state index contributed by atoms with van der Waals surface area (Å²) in [5.41, 5.74) is 8.08. The Morgan fingerprint density at radius 3 is 1.50 bits per heavy atom. The number of rotatable bonds is 5. The van der Waals surface area contributed by atoms with E-state index in [-0.39, 0.29) is 0 Å². The molecule has 0 amide bonds. The molecule has 6 heteroatoms. The van der Waals surface area contributed by atoms with E-state index in [0.717, 1.165) is 66.3 Å². The number of aromatic nitrogens is 4. The predicted octanol–water partition coefficient (Wildman–Crippen LogP) is 10.2. The van der Waals surface area contributed by atoms with E-state index in [0.29, 0.717) is 11.5 Å². The molecule has 0 aliphatic heterocycles. The van der Waals surface area contributed by atoms with Crippen LogP contribution in [0.5, 0.6) is 0 Å². The first-order valence-corrected chi connectivity index (χ1v) is 15.0. The van der Waals surface area contributed by atoms with Crippen molar-refractivity contribution in [3.63, 3.8) is 0 Å². The summed E-state index contributed by atoms with van der Waals surface area (Å²) in [7, 11) is 0. The molecule has 0 unspecified atom stereocenters. The molecule has 4 aromatic heterocycles. The second-order valence-electron chi connectivity index (χ2n) is 11.2. The van der Waals surface area contributed by atoms with Crippen LogP contribution in [0.3, 0.4) is 0 Å². The van der Waals surface area contributed by atoms with Gasteiger partial charge in [-0.05, 0) is 78.8 Å². The Kier molecular flexibility index (Phi) is 6.03. The number of pyridine rings is 2.